The van der Waals surface area contributed by atoms with Crippen molar-refractivity contribution >= 4 is 29.1 Å². The molecule has 12 heteroatoms. The number of hydrogen-bond donors (Lipinski definition) is 2. The van der Waals surface area contributed by atoms with Gasteiger partial charge in [0.2, 0.25) is 5.91 Å². The van der Waals surface area contributed by atoms with E-state index in [0.29, 0.717) is 27.7 Å². The molecule has 43 heavy (non-hydrogen) atoms. The van der Waals surface area contributed by atoms with Gasteiger partial charge in [-0.15, -0.1) is 0 Å². The van der Waals surface area contributed by atoms with Crippen molar-refractivity contribution in [1.82, 2.24) is 34.7 Å². The second-order valence-electron chi connectivity index (χ2n) is 10.4. The maximum absolute atomic E-state index is 13.6. The number of nitrogens with one attached hydrogen (secondary N) is 2. The average Bonchev–Trinajstić information content (AvgIpc) is 3.62. The van der Waals surface area contributed by atoms with Crippen LogP contribution in [0.5, 0.6) is 0 Å². The molecule has 0 saturated heterocycles. The van der Waals surface area contributed by atoms with Gasteiger partial charge in [0.1, 0.15) is 17.4 Å². The van der Waals surface area contributed by atoms with Crippen LogP contribution in [0.4, 0.5) is 5.69 Å². The molecule has 5 rings (SSSR count). The fourth-order valence-electron chi connectivity index (χ4n) is 4.68. The van der Waals surface area contributed by atoms with Crippen LogP contribution in [-0.4, -0.2) is 47.2 Å². The SMILES string of the molecule is CC(C)n1cc(-c2ccc(Cl)c(CC(NC(=O)c3ccnn3C)C(=O)Nc3ccc(-c4cnn(C)n4)cc3)c2)ccc1=O. The number of hydrogen-bond acceptors (Lipinski definition) is 6. The molecular weight excluding hydrogens is 568 g/mol. The van der Waals surface area contributed by atoms with Crippen molar-refractivity contribution in [2.75, 3.05) is 5.32 Å². The van der Waals surface area contributed by atoms with Gasteiger partial charge in [-0.1, -0.05) is 29.8 Å². The van der Waals surface area contributed by atoms with Crippen LogP contribution in [0, 0.1) is 0 Å². The standard InChI is InChI=1S/C31H31ClN8O3/c1-19(2)40-18-22(8-12-29(40)41)21-7-11-25(32)23(15-21)16-26(36-31(43)28-13-14-33-38(28)3)30(42)35-24-9-5-20(6-10-24)27-17-34-39(4)37-27/h5-15,17-19,26H,16H2,1-4H3,(H,35,42)(H,36,43). The highest BCUT2D eigenvalue weighted by molar-refractivity contribution is 6.31. The first kappa shape index (κ1) is 29.5. The number of pyridine rings is 1. The lowest BCUT2D eigenvalue weighted by molar-refractivity contribution is -0.118. The first-order valence-corrected chi connectivity index (χ1v) is 14.0. The lowest BCUT2D eigenvalue weighted by Crippen LogP contribution is -2.45. The smallest absolute Gasteiger partial charge is 0.270 e. The molecule has 0 aliphatic rings. The minimum Gasteiger partial charge on any atom is -0.339 e. The summed E-state index contributed by atoms with van der Waals surface area (Å²) in [5.41, 5.74) is 4.63. The summed E-state index contributed by atoms with van der Waals surface area (Å²) in [7, 11) is 3.39. The highest BCUT2D eigenvalue weighted by atomic mass is 35.5. The molecule has 0 spiro atoms. The van der Waals surface area contributed by atoms with E-state index in [9.17, 15) is 14.4 Å². The third kappa shape index (κ3) is 6.73. The number of nitrogens with zero attached hydrogens (tertiary/aromatic N) is 6. The van der Waals surface area contributed by atoms with E-state index in [1.54, 1.807) is 61.4 Å². The number of carbonyl (C=O) groups excluding carboxylic acids is 2. The molecule has 3 aromatic heterocycles. The highest BCUT2D eigenvalue weighted by Gasteiger charge is 2.25. The second-order valence-corrected chi connectivity index (χ2v) is 10.8. The van der Waals surface area contributed by atoms with Crippen molar-refractivity contribution in [2.45, 2.75) is 32.4 Å². The van der Waals surface area contributed by atoms with E-state index in [1.807, 2.05) is 38.1 Å². The van der Waals surface area contributed by atoms with Gasteiger partial charge in [0, 0.05) is 61.3 Å². The van der Waals surface area contributed by atoms with E-state index >= 15 is 0 Å². The molecule has 0 saturated carbocycles. The van der Waals surface area contributed by atoms with Gasteiger partial charge >= 0.3 is 0 Å². The first-order valence-electron chi connectivity index (χ1n) is 13.7. The number of rotatable bonds is 9. The average molecular weight is 599 g/mol. The molecule has 2 N–H and O–H groups in total. The topological polar surface area (TPSA) is 129 Å². The summed E-state index contributed by atoms with van der Waals surface area (Å²) in [6.45, 7) is 3.88. The third-order valence-electron chi connectivity index (χ3n) is 7.02. The molecule has 0 aliphatic heterocycles. The van der Waals surface area contributed by atoms with Crippen LogP contribution in [0.1, 0.15) is 35.9 Å². The Morgan fingerprint density at radius 1 is 0.930 bits per heavy atom. The summed E-state index contributed by atoms with van der Waals surface area (Å²) in [5, 5.41) is 18.7. The zero-order chi connectivity index (χ0) is 30.7. The Kier molecular flexibility index (Phi) is 8.53. The van der Waals surface area contributed by atoms with E-state index < -0.39 is 17.9 Å². The van der Waals surface area contributed by atoms with E-state index in [0.717, 1.165) is 16.7 Å². The van der Waals surface area contributed by atoms with Gasteiger partial charge in [-0.3, -0.25) is 19.1 Å². The van der Waals surface area contributed by atoms with Gasteiger partial charge in [-0.05, 0) is 66.9 Å². The van der Waals surface area contributed by atoms with Gasteiger partial charge in [-0.2, -0.15) is 20.1 Å². The Labute approximate surface area is 253 Å². The van der Waals surface area contributed by atoms with E-state index in [2.05, 4.69) is 25.9 Å². The summed E-state index contributed by atoms with van der Waals surface area (Å²) >= 11 is 6.61. The highest BCUT2D eigenvalue weighted by Crippen LogP contribution is 2.27. The number of halogens is 1. The van der Waals surface area contributed by atoms with E-state index in [4.69, 9.17) is 11.6 Å². The number of carbonyl (C=O) groups is 2. The lowest BCUT2D eigenvalue weighted by atomic mass is 9.99. The van der Waals surface area contributed by atoms with Crippen LogP contribution in [0.25, 0.3) is 22.4 Å². The maximum atomic E-state index is 13.6. The van der Waals surface area contributed by atoms with Gasteiger partial charge in [0.15, 0.2) is 0 Å². The molecule has 1 atom stereocenters. The largest absolute Gasteiger partial charge is 0.339 e. The van der Waals surface area contributed by atoms with Gasteiger partial charge in [0.25, 0.3) is 11.5 Å². The molecule has 0 aliphatic carbocycles. The summed E-state index contributed by atoms with van der Waals surface area (Å²) in [6, 6.07) is 16.6. The molecule has 2 amide bonds. The van der Waals surface area contributed by atoms with Gasteiger partial charge in [0.05, 0.1) is 6.20 Å². The lowest BCUT2D eigenvalue weighted by Gasteiger charge is -2.20. The normalized spacial score (nSPS) is 11.9. The van der Waals surface area contributed by atoms with Crippen LogP contribution >= 0.6 is 11.6 Å². The number of aryl methyl sites for hydroxylation is 2. The predicted octanol–water partition coefficient (Wildman–Crippen LogP) is 4.26. The zero-order valence-electron chi connectivity index (χ0n) is 24.2. The molecule has 0 bridgehead atoms. The van der Waals surface area contributed by atoms with Gasteiger partial charge < -0.3 is 15.2 Å². The first-order chi connectivity index (χ1) is 20.6. The summed E-state index contributed by atoms with van der Waals surface area (Å²) < 4.78 is 3.09. The van der Waals surface area contributed by atoms with Crippen LogP contribution in [0.2, 0.25) is 5.02 Å². The predicted molar refractivity (Wildman–Crippen MR) is 165 cm³/mol. The Balaban J connectivity index is 1.42. The molecule has 220 valence electrons. The van der Waals surface area contributed by atoms with Crippen molar-refractivity contribution in [1.29, 1.82) is 0 Å². The van der Waals surface area contributed by atoms with Crippen LogP contribution < -0.4 is 16.2 Å². The van der Waals surface area contributed by atoms with Crippen molar-refractivity contribution < 1.29 is 9.59 Å². The number of amides is 2. The monoisotopic (exact) mass is 598 g/mol. The summed E-state index contributed by atoms with van der Waals surface area (Å²) in [4.78, 5) is 40.6. The molecule has 2 aromatic carbocycles. The van der Waals surface area contributed by atoms with Gasteiger partial charge in [-0.25, -0.2) is 0 Å². The van der Waals surface area contributed by atoms with E-state index in [-0.39, 0.29) is 18.0 Å². The van der Waals surface area contributed by atoms with Crippen molar-refractivity contribution in [2.24, 2.45) is 14.1 Å². The van der Waals surface area contributed by atoms with Crippen molar-refractivity contribution in [3.8, 4) is 22.4 Å². The Bertz CT molecular complexity index is 1840. The Morgan fingerprint density at radius 3 is 2.30 bits per heavy atom. The minimum absolute atomic E-state index is 0.01000. The molecule has 5 aromatic rings. The van der Waals surface area contributed by atoms with Crippen molar-refractivity contribution in [3.05, 3.63) is 106 Å². The number of anilines is 1. The van der Waals surface area contributed by atoms with E-state index in [1.165, 1.54) is 21.7 Å². The fourth-order valence-corrected chi connectivity index (χ4v) is 4.87. The molecule has 1 unspecified atom stereocenters. The molecule has 0 fully saturated rings. The van der Waals surface area contributed by atoms with Crippen LogP contribution in [0.3, 0.4) is 0 Å². The maximum Gasteiger partial charge on any atom is 0.270 e. The zero-order valence-corrected chi connectivity index (χ0v) is 24.9. The van der Waals surface area contributed by atoms with Crippen molar-refractivity contribution in [3.63, 3.8) is 0 Å². The molecule has 0 radical (unpaired) electrons. The summed E-state index contributed by atoms with van der Waals surface area (Å²) in [5.74, 6) is -0.868. The van der Waals surface area contributed by atoms with Crippen LogP contribution in [-0.2, 0) is 25.3 Å². The van der Waals surface area contributed by atoms with Crippen LogP contribution in [0.15, 0.2) is 84.0 Å². The third-order valence-corrected chi connectivity index (χ3v) is 7.39. The molecule has 11 nitrogen and oxygen atoms in total. The quantitative estimate of drug-likeness (QED) is 0.261. The Morgan fingerprint density at radius 2 is 1.65 bits per heavy atom. The number of aromatic nitrogens is 6. The minimum atomic E-state index is -0.973. The second kappa shape index (κ2) is 12.5. The molecule has 3 heterocycles. The Hall–Kier alpha value is -5.03. The molecular formula is C31H31ClN8O3. The number of benzene rings is 2. The summed E-state index contributed by atoms with van der Waals surface area (Å²) in [6.07, 6.45) is 5.09. The fraction of sp³-hybridized carbons (Fsp3) is 0.226.